The van der Waals surface area contributed by atoms with E-state index in [1.54, 1.807) is 47.6 Å². The number of benzene rings is 2. The molecule has 6 nitrogen and oxygen atoms in total. The summed E-state index contributed by atoms with van der Waals surface area (Å²) in [6, 6.07) is 14.6. The summed E-state index contributed by atoms with van der Waals surface area (Å²) in [5.41, 5.74) is 3.54. The van der Waals surface area contributed by atoms with E-state index in [9.17, 15) is 9.59 Å². The Bertz CT molecular complexity index is 1190. The van der Waals surface area contributed by atoms with Crippen LogP contribution in [-0.4, -0.2) is 20.0 Å². The van der Waals surface area contributed by atoms with E-state index < -0.39 is 0 Å². The number of fused-ring (bicyclic) bond motifs is 2. The van der Waals surface area contributed by atoms with Gasteiger partial charge in [0.15, 0.2) is 0 Å². The third-order valence-electron chi connectivity index (χ3n) is 4.40. The van der Waals surface area contributed by atoms with Crippen LogP contribution in [0.15, 0.2) is 59.5 Å². The Morgan fingerprint density at radius 3 is 2.64 bits per heavy atom. The third kappa shape index (κ3) is 2.48. The van der Waals surface area contributed by atoms with Gasteiger partial charge in [0.2, 0.25) is 0 Å². The van der Waals surface area contributed by atoms with Gasteiger partial charge < -0.3 is 5.32 Å². The van der Waals surface area contributed by atoms with Crippen LogP contribution in [0.2, 0.25) is 0 Å². The molecule has 0 radical (unpaired) electrons. The van der Waals surface area contributed by atoms with E-state index >= 15 is 0 Å². The molecule has 2 aromatic heterocycles. The molecule has 0 aliphatic rings. The van der Waals surface area contributed by atoms with Gasteiger partial charge in [-0.3, -0.25) is 18.9 Å². The second-order valence-corrected chi connectivity index (χ2v) is 5.97. The summed E-state index contributed by atoms with van der Waals surface area (Å²) in [7, 11) is 3.44. The zero-order valence-electron chi connectivity index (χ0n) is 13.9. The minimum Gasteiger partial charge on any atom is -0.322 e. The number of nitrogens with zero attached hydrogens (tertiary/aromatic N) is 3. The van der Waals surface area contributed by atoms with Crippen molar-refractivity contribution in [3.8, 4) is 0 Å². The van der Waals surface area contributed by atoms with Gasteiger partial charge in [-0.05, 0) is 42.5 Å². The van der Waals surface area contributed by atoms with Crippen molar-refractivity contribution < 1.29 is 4.79 Å². The number of carbonyl (C=O) groups is 1. The Kier molecular flexibility index (Phi) is 3.39. The number of anilines is 1. The quantitative estimate of drug-likeness (QED) is 0.613. The molecule has 1 amide bonds. The Morgan fingerprint density at radius 1 is 1.00 bits per heavy atom. The minimum atomic E-state index is -0.203. The summed E-state index contributed by atoms with van der Waals surface area (Å²) >= 11 is 0. The van der Waals surface area contributed by atoms with Gasteiger partial charge in [0.25, 0.3) is 5.91 Å². The van der Waals surface area contributed by atoms with Crippen LogP contribution in [0.25, 0.3) is 21.9 Å². The fourth-order valence-corrected chi connectivity index (χ4v) is 3.00. The predicted molar refractivity (Wildman–Crippen MR) is 97.9 cm³/mol. The van der Waals surface area contributed by atoms with Crippen molar-refractivity contribution in [3.63, 3.8) is 0 Å². The second-order valence-electron chi connectivity index (χ2n) is 5.97. The maximum absolute atomic E-state index is 12.5. The van der Waals surface area contributed by atoms with E-state index in [0.717, 1.165) is 21.9 Å². The molecule has 1 N–H and O–H groups in total. The van der Waals surface area contributed by atoms with E-state index in [4.69, 9.17) is 0 Å². The predicted octanol–water partition coefficient (Wildman–Crippen LogP) is 2.68. The third-order valence-corrected chi connectivity index (χ3v) is 4.40. The molecule has 0 atom stereocenters. The van der Waals surface area contributed by atoms with Crippen molar-refractivity contribution in [2.75, 3.05) is 5.32 Å². The van der Waals surface area contributed by atoms with Crippen molar-refractivity contribution in [1.29, 1.82) is 0 Å². The molecule has 0 saturated carbocycles. The molecule has 6 heteroatoms. The summed E-state index contributed by atoms with van der Waals surface area (Å²) in [6.07, 6.45) is 1.72. The average molecular weight is 332 g/mol. The molecule has 0 fully saturated rings. The number of pyridine rings is 1. The van der Waals surface area contributed by atoms with Gasteiger partial charge in [-0.25, -0.2) is 4.79 Å². The van der Waals surface area contributed by atoms with E-state index in [1.807, 2.05) is 30.3 Å². The normalized spacial score (nSPS) is 11.1. The number of hydrogen-bond acceptors (Lipinski definition) is 3. The van der Waals surface area contributed by atoms with Crippen molar-refractivity contribution >= 4 is 33.5 Å². The molecule has 0 unspecified atom stereocenters. The van der Waals surface area contributed by atoms with Crippen LogP contribution in [0.4, 0.5) is 5.69 Å². The Morgan fingerprint density at radius 2 is 1.80 bits per heavy atom. The molecular formula is C19H16N4O2. The molecule has 0 saturated heterocycles. The monoisotopic (exact) mass is 332 g/mol. The molecule has 0 bridgehead atoms. The van der Waals surface area contributed by atoms with Gasteiger partial charge in [0.05, 0.1) is 16.6 Å². The lowest BCUT2D eigenvalue weighted by Gasteiger charge is -2.07. The smallest absolute Gasteiger partial charge is 0.322 e. The molecule has 0 aliphatic heterocycles. The number of amides is 1. The topological polar surface area (TPSA) is 68.9 Å². The zero-order valence-corrected chi connectivity index (χ0v) is 13.9. The summed E-state index contributed by atoms with van der Waals surface area (Å²) in [4.78, 5) is 28.8. The van der Waals surface area contributed by atoms with Crippen LogP contribution in [0.5, 0.6) is 0 Å². The number of nitrogens with one attached hydrogen (secondary N) is 1. The van der Waals surface area contributed by atoms with E-state index in [0.29, 0.717) is 11.3 Å². The first-order chi connectivity index (χ1) is 12.0. The number of hydrogen-bond donors (Lipinski definition) is 1. The molecule has 0 aliphatic carbocycles. The minimum absolute atomic E-state index is 0.0968. The molecule has 4 aromatic rings. The van der Waals surface area contributed by atoms with Gasteiger partial charge in [-0.2, -0.15) is 0 Å². The van der Waals surface area contributed by atoms with Gasteiger partial charge >= 0.3 is 5.69 Å². The summed E-state index contributed by atoms with van der Waals surface area (Å²) in [6.45, 7) is 0. The largest absolute Gasteiger partial charge is 0.328 e. The lowest BCUT2D eigenvalue weighted by atomic mass is 10.1. The first-order valence-electron chi connectivity index (χ1n) is 7.86. The van der Waals surface area contributed by atoms with Crippen LogP contribution >= 0.6 is 0 Å². The maximum atomic E-state index is 12.5. The highest BCUT2D eigenvalue weighted by molar-refractivity contribution is 6.06. The van der Waals surface area contributed by atoms with E-state index in [-0.39, 0.29) is 11.6 Å². The van der Waals surface area contributed by atoms with Crippen LogP contribution in [0, 0.1) is 0 Å². The Hall–Kier alpha value is -3.41. The number of rotatable bonds is 2. The first-order valence-corrected chi connectivity index (χ1v) is 7.86. The number of carbonyl (C=O) groups excluding carboxylic acids is 1. The SMILES string of the molecule is Cn1c(=O)n(C)c2cc(NC(=O)c3ccc4ncccc4c3)ccc21. The highest BCUT2D eigenvalue weighted by Crippen LogP contribution is 2.19. The molecule has 0 spiro atoms. The Labute approximate surface area is 143 Å². The number of aryl methyl sites for hydroxylation is 2. The van der Waals surface area contributed by atoms with Crippen molar-refractivity contribution in [2.24, 2.45) is 14.1 Å². The number of aromatic nitrogens is 3. The van der Waals surface area contributed by atoms with E-state index in [1.165, 1.54) is 0 Å². The van der Waals surface area contributed by atoms with Gasteiger partial charge in [-0.15, -0.1) is 0 Å². The number of imidazole rings is 1. The maximum Gasteiger partial charge on any atom is 0.328 e. The van der Waals surface area contributed by atoms with Crippen molar-refractivity contribution in [3.05, 3.63) is 70.8 Å². The van der Waals surface area contributed by atoms with Gasteiger partial charge in [0, 0.05) is 36.9 Å². The standard InChI is InChI=1S/C19H16N4O2/c1-22-16-8-6-14(11-17(16)23(2)19(22)25)21-18(24)13-5-7-15-12(10-13)4-3-9-20-15/h3-11H,1-2H3,(H,21,24). The van der Waals surface area contributed by atoms with Crippen LogP contribution < -0.4 is 11.0 Å². The fourth-order valence-electron chi connectivity index (χ4n) is 3.00. The van der Waals surface area contributed by atoms with Crippen molar-refractivity contribution in [2.45, 2.75) is 0 Å². The Balaban J connectivity index is 1.68. The van der Waals surface area contributed by atoms with Crippen LogP contribution in [-0.2, 0) is 14.1 Å². The van der Waals surface area contributed by atoms with E-state index in [2.05, 4.69) is 10.3 Å². The highest BCUT2D eigenvalue weighted by atomic mass is 16.2. The fraction of sp³-hybridized carbons (Fsp3) is 0.105. The molecular weight excluding hydrogens is 316 g/mol. The lowest BCUT2D eigenvalue weighted by Crippen LogP contribution is -2.19. The summed E-state index contributed by atoms with van der Waals surface area (Å²) < 4.78 is 3.14. The molecule has 25 heavy (non-hydrogen) atoms. The molecule has 4 rings (SSSR count). The molecule has 2 heterocycles. The second kappa shape index (κ2) is 5.59. The van der Waals surface area contributed by atoms with Crippen LogP contribution in [0.3, 0.4) is 0 Å². The van der Waals surface area contributed by atoms with Crippen LogP contribution in [0.1, 0.15) is 10.4 Å². The highest BCUT2D eigenvalue weighted by Gasteiger charge is 2.11. The lowest BCUT2D eigenvalue weighted by molar-refractivity contribution is 0.102. The zero-order chi connectivity index (χ0) is 17.6. The first kappa shape index (κ1) is 15.1. The molecule has 124 valence electrons. The molecule has 2 aromatic carbocycles. The summed E-state index contributed by atoms with van der Waals surface area (Å²) in [5.74, 6) is -0.203. The summed E-state index contributed by atoms with van der Waals surface area (Å²) in [5, 5.41) is 3.80. The van der Waals surface area contributed by atoms with Gasteiger partial charge in [-0.1, -0.05) is 6.07 Å². The van der Waals surface area contributed by atoms with Crippen molar-refractivity contribution in [1.82, 2.24) is 14.1 Å². The average Bonchev–Trinajstić information content (AvgIpc) is 2.85. The van der Waals surface area contributed by atoms with Gasteiger partial charge in [0.1, 0.15) is 0 Å².